The molecule has 2 nitrogen and oxygen atoms in total. The Morgan fingerprint density at radius 2 is 2.07 bits per heavy atom. The van der Waals surface area contributed by atoms with Crippen molar-refractivity contribution in [1.29, 1.82) is 0 Å². The highest BCUT2D eigenvalue weighted by Crippen LogP contribution is 2.20. The molecule has 2 heteroatoms. The van der Waals surface area contributed by atoms with Crippen molar-refractivity contribution in [2.75, 3.05) is 7.11 Å². The molecular formula is C12H16O2. The fourth-order valence-corrected chi connectivity index (χ4v) is 1.03. The van der Waals surface area contributed by atoms with Crippen LogP contribution in [0, 0.1) is 0 Å². The van der Waals surface area contributed by atoms with E-state index in [2.05, 4.69) is 6.58 Å². The van der Waals surface area contributed by atoms with Crippen molar-refractivity contribution in [3.63, 3.8) is 0 Å². The van der Waals surface area contributed by atoms with E-state index in [0.29, 0.717) is 0 Å². The number of rotatable bonds is 4. The normalized spacial score (nSPS) is 11.1. The Morgan fingerprint density at radius 3 is 2.64 bits per heavy atom. The minimum absolute atomic E-state index is 0.597. The lowest BCUT2D eigenvalue weighted by Crippen LogP contribution is -2.30. The average molecular weight is 192 g/mol. The fraction of sp³-hybridized carbons (Fsp3) is 0.333. The third-order valence-corrected chi connectivity index (χ3v) is 1.95. The minimum atomic E-state index is -0.597. The Labute approximate surface area is 85.2 Å². The van der Waals surface area contributed by atoms with E-state index >= 15 is 0 Å². The van der Waals surface area contributed by atoms with Gasteiger partial charge in [0.05, 0.1) is 0 Å². The second-order valence-corrected chi connectivity index (χ2v) is 3.48. The molecule has 0 aliphatic carbocycles. The van der Waals surface area contributed by atoms with Crippen molar-refractivity contribution in [2.45, 2.75) is 19.6 Å². The standard InChI is InChI=1S/C12H16O2/c1-5-10-7-6-8-11(9-10)14-12(2,3)13-4/h5-9H,1H2,2-4H3. The van der Waals surface area contributed by atoms with E-state index in [1.807, 2.05) is 38.1 Å². The summed E-state index contributed by atoms with van der Waals surface area (Å²) in [5, 5.41) is 0. The zero-order valence-electron chi connectivity index (χ0n) is 8.91. The van der Waals surface area contributed by atoms with Crippen LogP contribution in [0.2, 0.25) is 0 Å². The minimum Gasteiger partial charge on any atom is -0.463 e. The number of hydrogen-bond donors (Lipinski definition) is 0. The maximum Gasteiger partial charge on any atom is 0.204 e. The van der Waals surface area contributed by atoms with E-state index < -0.39 is 5.79 Å². The molecule has 0 N–H and O–H groups in total. The highest BCUT2D eigenvalue weighted by molar-refractivity contribution is 5.49. The molecule has 0 aliphatic heterocycles. The van der Waals surface area contributed by atoms with Crippen LogP contribution in [0.15, 0.2) is 30.8 Å². The average Bonchev–Trinajstić information content (AvgIpc) is 2.17. The van der Waals surface area contributed by atoms with Gasteiger partial charge < -0.3 is 9.47 Å². The topological polar surface area (TPSA) is 18.5 Å². The second-order valence-electron chi connectivity index (χ2n) is 3.48. The van der Waals surface area contributed by atoms with Gasteiger partial charge in [-0.2, -0.15) is 0 Å². The first-order valence-electron chi connectivity index (χ1n) is 4.54. The van der Waals surface area contributed by atoms with Gasteiger partial charge in [-0.25, -0.2) is 0 Å². The lowest BCUT2D eigenvalue weighted by Gasteiger charge is -2.24. The van der Waals surface area contributed by atoms with E-state index in [9.17, 15) is 0 Å². The molecule has 0 fully saturated rings. The first-order chi connectivity index (χ1) is 6.57. The molecule has 14 heavy (non-hydrogen) atoms. The Balaban J connectivity index is 2.81. The molecule has 0 saturated carbocycles. The van der Waals surface area contributed by atoms with Gasteiger partial charge in [0.2, 0.25) is 5.79 Å². The van der Waals surface area contributed by atoms with Crippen LogP contribution >= 0.6 is 0 Å². The third kappa shape index (κ3) is 2.89. The molecular weight excluding hydrogens is 176 g/mol. The van der Waals surface area contributed by atoms with Gasteiger partial charge in [-0.3, -0.25) is 0 Å². The van der Waals surface area contributed by atoms with Gasteiger partial charge in [0.15, 0.2) is 0 Å². The number of ether oxygens (including phenoxy) is 2. The van der Waals surface area contributed by atoms with Crippen LogP contribution in [0.25, 0.3) is 6.08 Å². The summed E-state index contributed by atoms with van der Waals surface area (Å²) in [5.74, 6) is 0.189. The Kier molecular flexibility index (Phi) is 3.31. The maximum absolute atomic E-state index is 5.62. The SMILES string of the molecule is C=Cc1cccc(OC(C)(C)OC)c1. The summed E-state index contributed by atoms with van der Waals surface area (Å²) in [6, 6.07) is 7.72. The number of benzene rings is 1. The molecule has 0 aromatic heterocycles. The van der Waals surface area contributed by atoms with Crippen LogP contribution in [0.5, 0.6) is 5.75 Å². The van der Waals surface area contributed by atoms with Crippen molar-refractivity contribution in [3.05, 3.63) is 36.4 Å². The van der Waals surface area contributed by atoms with Crippen LogP contribution in [0.3, 0.4) is 0 Å². The van der Waals surface area contributed by atoms with Gasteiger partial charge in [0, 0.05) is 21.0 Å². The molecule has 0 unspecified atom stereocenters. The van der Waals surface area contributed by atoms with E-state index in [4.69, 9.17) is 9.47 Å². The summed E-state index contributed by atoms with van der Waals surface area (Å²) in [5.41, 5.74) is 1.04. The number of hydrogen-bond acceptors (Lipinski definition) is 2. The van der Waals surface area contributed by atoms with Gasteiger partial charge in [-0.15, -0.1) is 0 Å². The molecule has 0 aliphatic rings. The fourth-order valence-electron chi connectivity index (χ4n) is 1.03. The molecule has 0 amide bonds. The van der Waals surface area contributed by atoms with Crippen LogP contribution in [0.4, 0.5) is 0 Å². The molecule has 0 bridgehead atoms. The van der Waals surface area contributed by atoms with Crippen molar-refractivity contribution < 1.29 is 9.47 Å². The van der Waals surface area contributed by atoms with E-state index in [0.717, 1.165) is 11.3 Å². The summed E-state index contributed by atoms with van der Waals surface area (Å²) in [6.45, 7) is 7.44. The maximum atomic E-state index is 5.62. The molecule has 0 spiro atoms. The van der Waals surface area contributed by atoms with E-state index in [1.54, 1.807) is 13.2 Å². The second kappa shape index (κ2) is 4.29. The molecule has 1 aromatic carbocycles. The lowest BCUT2D eigenvalue weighted by molar-refractivity contribution is -0.134. The van der Waals surface area contributed by atoms with Crippen molar-refractivity contribution in [1.82, 2.24) is 0 Å². The molecule has 0 heterocycles. The predicted octanol–water partition coefficient (Wildman–Crippen LogP) is 3.09. The Hall–Kier alpha value is -1.28. The molecule has 0 atom stereocenters. The van der Waals surface area contributed by atoms with Gasteiger partial charge in [-0.1, -0.05) is 24.8 Å². The van der Waals surface area contributed by atoms with Gasteiger partial charge in [0.25, 0.3) is 0 Å². The van der Waals surface area contributed by atoms with Crippen LogP contribution in [0.1, 0.15) is 19.4 Å². The van der Waals surface area contributed by atoms with Crippen LogP contribution in [-0.2, 0) is 4.74 Å². The van der Waals surface area contributed by atoms with Gasteiger partial charge >= 0.3 is 0 Å². The smallest absolute Gasteiger partial charge is 0.204 e. The van der Waals surface area contributed by atoms with Crippen LogP contribution < -0.4 is 4.74 Å². The van der Waals surface area contributed by atoms with E-state index in [1.165, 1.54) is 0 Å². The Morgan fingerprint density at radius 1 is 1.36 bits per heavy atom. The highest BCUT2D eigenvalue weighted by Gasteiger charge is 2.17. The third-order valence-electron chi connectivity index (χ3n) is 1.95. The lowest BCUT2D eigenvalue weighted by atomic mass is 10.2. The molecule has 0 radical (unpaired) electrons. The predicted molar refractivity (Wildman–Crippen MR) is 58.2 cm³/mol. The first kappa shape index (κ1) is 10.8. The van der Waals surface area contributed by atoms with Gasteiger partial charge in [-0.05, 0) is 17.7 Å². The van der Waals surface area contributed by atoms with Crippen molar-refractivity contribution >= 4 is 6.08 Å². The van der Waals surface area contributed by atoms with Crippen molar-refractivity contribution in [3.8, 4) is 5.75 Å². The molecule has 0 saturated heterocycles. The quantitative estimate of drug-likeness (QED) is 0.682. The summed E-state index contributed by atoms with van der Waals surface area (Å²) >= 11 is 0. The zero-order valence-corrected chi connectivity index (χ0v) is 8.91. The summed E-state index contributed by atoms with van der Waals surface area (Å²) in [7, 11) is 1.62. The monoisotopic (exact) mass is 192 g/mol. The van der Waals surface area contributed by atoms with Gasteiger partial charge in [0.1, 0.15) is 5.75 Å². The van der Waals surface area contributed by atoms with E-state index in [-0.39, 0.29) is 0 Å². The summed E-state index contributed by atoms with van der Waals surface area (Å²) < 4.78 is 10.8. The Bertz CT molecular complexity index is 316. The zero-order chi connectivity index (χ0) is 10.6. The molecule has 76 valence electrons. The largest absolute Gasteiger partial charge is 0.463 e. The summed E-state index contributed by atoms with van der Waals surface area (Å²) in [6.07, 6.45) is 1.78. The summed E-state index contributed by atoms with van der Waals surface area (Å²) in [4.78, 5) is 0. The van der Waals surface area contributed by atoms with Crippen molar-refractivity contribution in [2.24, 2.45) is 0 Å². The highest BCUT2D eigenvalue weighted by atomic mass is 16.7. The molecule has 1 rings (SSSR count). The first-order valence-corrected chi connectivity index (χ1v) is 4.54. The number of methoxy groups -OCH3 is 1. The molecule has 1 aromatic rings. The van der Waals surface area contributed by atoms with Crippen LogP contribution in [-0.4, -0.2) is 12.9 Å².